The maximum Gasteiger partial charge on any atom is 0.321 e. The minimum atomic E-state index is -4.09. The summed E-state index contributed by atoms with van der Waals surface area (Å²) >= 11 is 0. The topological polar surface area (TPSA) is 127 Å². The van der Waals surface area contributed by atoms with Crippen molar-refractivity contribution in [2.45, 2.75) is 57.5 Å². The van der Waals surface area contributed by atoms with Gasteiger partial charge in [-0.2, -0.15) is 4.72 Å². The van der Waals surface area contributed by atoms with Gasteiger partial charge in [0, 0.05) is 0 Å². The number of hydrogen-bond acceptors (Lipinski definition) is 5. The van der Waals surface area contributed by atoms with Gasteiger partial charge in [0.2, 0.25) is 10.0 Å². The van der Waals surface area contributed by atoms with E-state index in [-0.39, 0.29) is 23.5 Å². The summed E-state index contributed by atoms with van der Waals surface area (Å²) in [6.45, 7) is 7.32. The molecule has 164 valence electrons. The molecule has 0 aliphatic heterocycles. The zero-order chi connectivity index (χ0) is 22.7. The number of nitrogens with two attached hydrogens (primary N) is 1. The predicted octanol–water partition coefficient (Wildman–Crippen LogP) is 2.56. The fourth-order valence-corrected chi connectivity index (χ4v) is 4.51. The first-order valence-electron chi connectivity index (χ1n) is 9.75. The lowest BCUT2D eigenvalue weighted by atomic mass is 9.67. The van der Waals surface area contributed by atoms with Crippen LogP contribution in [0.1, 0.15) is 39.2 Å². The van der Waals surface area contributed by atoms with Crippen molar-refractivity contribution in [1.29, 1.82) is 0 Å². The van der Waals surface area contributed by atoms with E-state index in [0.717, 1.165) is 5.56 Å². The highest BCUT2D eigenvalue weighted by Crippen LogP contribution is 2.38. The van der Waals surface area contributed by atoms with Gasteiger partial charge in [0.1, 0.15) is 6.04 Å². The van der Waals surface area contributed by atoms with Crippen LogP contribution in [0.2, 0.25) is 0 Å². The molecule has 1 aliphatic carbocycles. The fraction of sp³-hybridized carbons (Fsp3) is 0.455. The number of carbonyl (C=O) groups excluding carboxylic acids is 1. The van der Waals surface area contributed by atoms with Crippen molar-refractivity contribution in [3.8, 4) is 0 Å². The number of carboxylic acids is 1. The Morgan fingerprint density at radius 3 is 2.27 bits per heavy atom. The lowest BCUT2D eigenvalue weighted by molar-refractivity contribution is -0.140. The molecule has 0 aromatic heterocycles. The molecule has 0 spiro atoms. The number of hydrogen-bond donors (Lipinski definition) is 3. The van der Waals surface area contributed by atoms with Crippen LogP contribution in [0.3, 0.4) is 0 Å². The summed E-state index contributed by atoms with van der Waals surface area (Å²) < 4.78 is 27.8. The number of aliphatic carboxylic acids is 1. The molecule has 0 saturated heterocycles. The average Bonchev–Trinajstić information content (AvgIpc) is 2.66. The largest absolute Gasteiger partial charge is 0.480 e. The summed E-state index contributed by atoms with van der Waals surface area (Å²) in [5, 5.41) is 9.74. The highest BCUT2D eigenvalue weighted by Gasteiger charge is 2.45. The van der Waals surface area contributed by atoms with Crippen LogP contribution in [-0.4, -0.2) is 37.4 Å². The first-order chi connectivity index (χ1) is 13.8. The molecule has 0 amide bonds. The molecule has 4 N–H and O–H groups in total. The van der Waals surface area contributed by atoms with Gasteiger partial charge in [-0.15, -0.1) is 0 Å². The van der Waals surface area contributed by atoms with Gasteiger partial charge in [-0.3, -0.25) is 9.59 Å². The van der Waals surface area contributed by atoms with Crippen LogP contribution >= 0.6 is 0 Å². The van der Waals surface area contributed by atoms with Crippen molar-refractivity contribution in [2.24, 2.45) is 16.6 Å². The number of allylic oxidation sites excluding steroid dienone is 4. The van der Waals surface area contributed by atoms with Crippen LogP contribution < -0.4 is 10.5 Å². The predicted molar refractivity (Wildman–Crippen MR) is 115 cm³/mol. The number of carbonyl (C=O) groups is 2. The van der Waals surface area contributed by atoms with Gasteiger partial charge in [-0.05, 0) is 37.3 Å². The number of rotatable bonds is 8. The third kappa shape index (κ3) is 5.44. The molecule has 0 radical (unpaired) electrons. The van der Waals surface area contributed by atoms with E-state index in [1.807, 2.05) is 27.7 Å². The average molecular weight is 435 g/mol. The Bertz CT molecular complexity index is 958. The van der Waals surface area contributed by atoms with E-state index in [2.05, 4.69) is 4.72 Å². The summed E-state index contributed by atoms with van der Waals surface area (Å²) in [6.07, 6.45) is 6.85. The summed E-state index contributed by atoms with van der Waals surface area (Å²) in [5.41, 5.74) is 5.34. The molecule has 1 aliphatic rings. The zero-order valence-corrected chi connectivity index (χ0v) is 18.6. The first kappa shape index (κ1) is 24.0. The lowest BCUT2D eigenvalue weighted by Gasteiger charge is -2.38. The van der Waals surface area contributed by atoms with Crippen LogP contribution in [0.5, 0.6) is 0 Å². The molecular weight excluding hydrogens is 404 g/mol. The summed E-state index contributed by atoms with van der Waals surface area (Å²) in [7, 11) is -4.09. The van der Waals surface area contributed by atoms with Gasteiger partial charge >= 0.3 is 5.97 Å². The second-order valence-corrected chi connectivity index (χ2v) is 10.6. The van der Waals surface area contributed by atoms with Crippen LogP contribution in [0, 0.1) is 17.8 Å². The Kier molecular flexibility index (Phi) is 7.06. The van der Waals surface area contributed by atoms with Crippen molar-refractivity contribution < 1.29 is 23.1 Å². The maximum absolute atomic E-state index is 13.3. The number of aryl methyl sites for hydroxylation is 1. The van der Waals surface area contributed by atoms with E-state index < -0.39 is 38.9 Å². The Balaban J connectivity index is 2.37. The molecule has 3 atom stereocenters. The normalized spacial score (nSPS) is 21.2. The van der Waals surface area contributed by atoms with Gasteiger partial charge < -0.3 is 10.8 Å². The van der Waals surface area contributed by atoms with Crippen molar-refractivity contribution in [3.63, 3.8) is 0 Å². The number of Topliss-reactive ketones (excluding diaryl/α,β-unsaturated/α-hetero) is 1. The standard InChI is InChI=1S/C22H30N2O5S/c1-15-8-10-16(11-9-15)30(28,29)24-17(20(26)27)14-22(12-6-5-7-13-22)19(25)18(23)21(2,3)4/h5-12,17-18,24H,13-14,23H2,1-4H3,(H,26,27)/t17-,18?,22?/m0/s1. The summed E-state index contributed by atoms with van der Waals surface area (Å²) in [6, 6.07) is 3.76. The van der Waals surface area contributed by atoms with E-state index in [0.29, 0.717) is 0 Å². The number of nitrogens with one attached hydrogen (secondary N) is 1. The molecule has 0 saturated carbocycles. The van der Waals surface area contributed by atoms with Gasteiger partial charge in [0.15, 0.2) is 5.78 Å². The molecule has 2 rings (SSSR count). The minimum absolute atomic E-state index is 0.0369. The molecule has 0 heterocycles. The molecule has 1 aromatic carbocycles. The fourth-order valence-electron chi connectivity index (χ4n) is 3.32. The van der Waals surface area contributed by atoms with E-state index in [9.17, 15) is 23.1 Å². The second kappa shape index (κ2) is 8.83. The monoisotopic (exact) mass is 434 g/mol. The lowest BCUT2D eigenvalue weighted by Crippen LogP contribution is -2.53. The van der Waals surface area contributed by atoms with Crippen LogP contribution in [0.4, 0.5) is 0 Å². The van der Waals surface area contributed by atoms with Gasteiger partial charge in [-0.1, -0.05) is 62.8 Å². The van der Waals surface area contributed by atoms with Crippen LogP contribution in [-0.2, 0) is 19.6 Å². The number of ketones is 1. The summed E-state index contributed by atoms with van der Waals surface area (Å²) in [4.78, 5) is 25.2. The molecular formula is C22H30N2O5S. The van der Waals surface area contributed by atoms with Gasteiger partial charge in [0.25, 0.3) is 0 Å². The van der Waals surface area contributed by atoms with Crippen LogP contribution in [0.15, 0.2) is 53.5 Å². The highest BCUT2D eigenvalue weighted by atomic mass is 32.2. The number of benzene rings is 1. The van der Waals surface area contributed by atoms with E-state index in [1.54, 1.807) is 36.4 Å². The first-order valence-corrected chi connectivity index (χ1v) is 11.2. The number of carboxylic acid groups (broad SMARTS) is 1. The van der Waals surface area contributed by atoms with Crippen molar-refractivity contribution in [2.75, 3.05) is 0 Å². The van der Waals surface area contributed by atoms with Crippen molar-refractivity contribution >= 4 is 21.8 Å². The highest BCUT2D eigenvalue weighted by molar-refractivity contribution is 7.89. The van der Waals surface area contributed by atoms with E-state index >= 15 is 0 Å². The third-order valence-electron chi connectivity index (χ3n) is 5.35. The van der Waals surface area contributed by atoms with Crippen molar-refractivity contribution in [3.05, 3.63) is 54.1 Å². The minimum Gasteiger partial charge on any atom is -0.480 e. The zero-order valence-electron chi connectivity index (χ0n) is 17.8. The van der Waals surface area contributed by atoms with Crippen molar-refractivity contribution in [1.82, 2.24) is 4.72 Å². The Morgan fingerprint density at radius 2 is 1.80 bits per heavy atom. The molecule has 0 fully saturated rings. The molecule has 0 bridgehead atoms. The Labute approximate surface area is 178 Å². The smallest absolute Gasteiger partial charge is 0.321 e. The Hall–Kier alpha value is -2.29. The number of sulfonamides is 1. The molecule has 30 heavy (non-hydrogen) atoms. The van der Waals surface area contributed by atoms with E-state index in [4.69, 9.17) is 5.73 Å². The summed E-state index contributed by atoms with van der Waals surface area (Å²) in [5.74, 6) is -1.67. The third-order valence-corrected chi connectivity index (χ3v) is 6.83. The molecule has 2 unspecified atom stereocenters. The van der Waals surface area contributed by atoms with Gasteiger partial charge in [-0.25, -0.2) is 8.42 Å². The van der Waals surface area contributed by atoms with Crippen LogP contribution in [0.25, 0.3) is 0 Å². The van der Waals surface area contributed by atoms with Gasteiger partial charge in [0.05, 0.1) is 16.4 Å². The second-order valence-electron chi connectivity index (χ2n) is 8.88. The SMILES string of the molecule is Cc1ccc(S(=O)(=O)N[C@@H](CC2(C(=O)C(N)C(C)(C)C)C=CC=CC2)C(=O)O)cc1. The molecule has 7 nitrogen and oxygen atoms in total. The molecule has 8 heteroatoms. The quantitative estimate of drug-likeness (QED) is 0.577. The Morgan fingerprint density at radius 1 is 1.20 bits per heavy atom. The maximum atomic E-state index is 13.3. The molecule has 1 aromatic rings. The van der Waals surface area contributed by atoms with E-state index in [1.165, 1.54) is 12.1 Å².